The lowest BCUT2D eigenvalue weighted by Crippen LogP contribution is -2.30. The molecule has 6 unspecified atom stereocenters. The predicted molar refractivity (Wildman–Crippen MR) is 305 cm³/mol. The van der Waals surface area contributed by atoms with Crippen LogP contribution in [-0.4, -0.2) is 0 Å². The van der Waals surface area contributed by atoms with Crippen molar-refractivity contribution < 1.29 is 0 Å². The summed E-state index contributed by atoms with van der Waals surface area (Å²) < 4.78 is 0. The van der Waals surface area contributed by atoms with Crippen LogP contribution in [0.1, 0.15) is 199 Å². The highest BCUT2D eigenvalue weighted by Crippen LogP contribution is 2.60. The van der Waals surface area contributed by atoms with Gasteiger partial charge in [-0.3, -0.25) is 0 Å². The van der Waals surface area contributed by atoms with Crippen molar-refractivity contribution in [3.8, 4) is 55.6 Å². The third-order valence-corrected chi connectivity index (χ3v) is 19.2. The molecule has 0 saturated heterocycles. The van der Waals surface area contributed by atoms with Gasteiger partial charge < -0.3 is 0 Å². The molecule has 0 aromatic heterocycles. The van der Waals surface area contributed by atoms with E-state index >= 15 is 0 Å². The van der Waals surface area contributed by atoms with E-state index in [4.69, 9.17) is 0 Å². The maximum Gasteiger partial charge on any atom is 0.0220 e. The van der Waals surface area contributed by atoms with E-state index < -0.39 is 0 Å². The summed E-state index contributed by atoms with van der Waals surface area (Å²) in [7, 11) is 0. The van der Waals surface area contributed by atoms with Gasteiger partial charge in [-0.2, -0.15) is 0 Å². The van der Waals surface area contributed by atoms with E-state index in [1.54, 1.807) is 33.4 Å². The highest BCUT2D eigenvalue weighted by atomic mass is 14.5. The molecule has 0 nitrogen and oxygen atoms in total. The standard InChI is InChI=1S/C70H88/c1-14-45(7)39-68(40-46(8)15-2)62-23-21-20-22-56(62)58-30-25-52(35-64(58)68)54-27-32-60-61-33-28-55(38-67(61)70(66(60)37-54,43-49(11)18-5)44-50(12)19-6)53-26-31-59-57-29-24-51(13)34-63(57)69(65(59)36-53,41-47(9)16-3)42-48(10)17-4/h20-38,45-50H,14-19,39-44H2,1-13H3. The molecule has 0 heterocycles. The van der Waals surface area contributed by atoms with Crippen LogP contribution in [0.5, 0.6) is 0 Å². The minimum atomic E-state index is -0.0766. The Kier molecular flexibility index (Phi) is 14.4. The summed E-state index contributed by atoms with van der Waals surface area (Å²) in [4.78, 5) is 0. The lowest BCUT2D eigenvalue weighted by atomic mass is 9.65. The van der Waals surface area contributed by atoms with Crippen LogP contribution < -0.4 is 0 Å². The molecular formula is C70H88. The maximum absolute atomic E-state index is 2.68. The molecule has 9 rings (SSSR count). The largest absolute Gasteiger partial charge is 0.0651 e. The highest BCUT2D eigenvalue weighted by Gasteiger charge is 2.48. The summed E-state index contributed by atoms with van der Waals surface area (Å²) in [5.74, 6) is 3.76. The summed E-state index contributed by atoms with van der Waals surface area (Å²) in [6.07, 6.45) is 14.3. The Morgan fingerprint density at radius 1 is 0.286 bits per heavy atom. The lowest BCUT2D eigenvalue weighted by Gasteiger charge is -2.38. The van der Waals surface area contributed by atoms with Crippen molar-refractivity contribution >= 4 is 0 Å². The second-order valence-electron chi connectivity index (χ2n) is 24.2. The van der Waals surface area contributed by atoms with Gasteiger partial charge in [-0.15, -0.1) is 0 Å². The first-order valence-corrected chi connectivity index (χ1v) is 28.5. The molecule has 0 fully saturated rings. The van der Waals surface area contributed by atoms with Gasteiger partial charge in [0, 0.05) is 16.2 Å². The molecule has 0 saturated carbocycles. The first-order chi connectivity index (χ1) is 33.7. The Bertz CT molecular complexity index is 2790. The number of hydrogen-bond donors (Lipinski definition) is 0. The topological polar surface area (TPSA) is 0 Å². The van der Waals surface area contributed by atoms with Crippen LogP contribution >= 0.6 is 0 Å². The van der Waals surface area contributed by atoms with E-state index in [0.29, 0.717) is 35.5 Å². The fourth-order valence-corrected chi connectivity index (χ4v) is 14.3. The Labute approximate surface area is 426 Å². The number of benzene rings is 6. The van der Waals surface area contributed by atoms with Crippen LogP contribution in [0.2, 0.25) is 0 Å². The second-order valence-corrected chi connectivity index (χ2v) is 24.2. The Morgan fingerprint density at radius 3 is 0.829 bits per heavy atom. The monoisotopic (exact) mass is 929 g/mol. The van der Waals surface area contributed by atoms with E-state index in [2.05, 4.69) is 205 Å². The minimum Gasteiger partial charge on any atom is -0.0651 e. The van der Waals surface area contributed by atoms with Crippen LogP contribution in [0.4, 0.5) is 0 Å². The molecular weight excluding hydrogens is 841 g/mol. The SMILES string of the molecule is CCC(C)CC1(CC(C)CC)c2ccccc2-c2ccc(-c3ccc4c(c3)C(CC(C)CC)(CC(C)CC)c3cc(-c5ccc6c(c5)C(CC(C)CC)(CC(C)CC)c5cc(C)ccc5-6)ccc3-4)cc21. The van der Waals surface area contributed by atoms with Gasteiger partial charge in [0.2, 0.25) is 0 Å². The van der Waals surface area contributed by atoms with Gasteiger partial charge in [0.1, 0.15) is 0 Å². The molecule has 6 aromatic carbocycles. The van der Waals surface area contributed by atoms with Crippen LogP contribution in [0, 0.1) is 42.4 Å². The van der Waals surface area contributed by atoms with E-state index in [0.717, 1.165) is 0 Å². The van der Waals surface area contributed by atoms with Crippen molar-refractivity contribution in [2.45, 2.75) is 183 Å². The van der Waals surface area contributed by atoms with Gasteiger partial charge in [-0.1, -0.05) is 218 Å². The molecule has 0 bridgehead atoms. The van der Waals surface area contributed by atoms with Gasteiger partial charge in [0.15, 0.2) is 0 Å². The first-order valence-electron chi connectivity index (χ1n) is 28.5. The van der Waals surface area contributed by atoms with Crippen LogP contribution in [0.3, 0.4) is 0 Å². The van der Waals surface area contributed by atoms with Gasteiger partial charge in [-0.25, -0.2) is 0 Å². The maximum atomic E-state index is 2.68. The normalized spacial score (nSPS) is 22.0. The molecule has 0 heteroatoms. The molecule has 3 aliphatic rings. The fourth-order valence-electron chi connectivity index (χ4n) is 14.3. The van der Waals surface area contributed by atoms with E-state index in [9.17, 15) is 0 Å². The summed E-state index contributed by atoms with van der Waals surface area (Å²) in [6, 6.07) is 47.4. The minimum absolute atomic E-state index is 0.0142. The molecule has 0 aliphatic heterocycles. The smallest absolute Gasteiger partial charge is 0.0220 e. The van der Waals surface area contributed by atoms with Crippen molar-refractivity contribution in [1.82, 2.24) is 0 Å². The van der Waals surface area contributed by atoms with Crippen molar-refractivity contribution in [3.05, 3.63) is 154 Å². The molecule has 6 atom stereocenters. The molecule has 70 heavy (non-hydrogen) atoms. The van der Waals surface area contributed by atoms with E-state index in [1.165, 1.54) is 138 Å². The van der Waals surface area contributed by atoms with Crippen molar-refractivity contribution in [1.29, 1.82) is 0 Å². The molecule has 3 aliphatic carbocycles. The lowest BCUT2D eigenvalue weighted by molar-refractivity contribution is 0.308. The Balaban J connectivity index is 1.20. The van der Waals surface area contributed by atoms with Crippen LogP contribution in [0.25, 0.3) is 55.6 Å². The highest BCUT2D eigenvalue weighted by molar-refractivity contribution is 5.89. The zero-order chi connectivity index (χ0) is 49.7. The molecule has 0 spiro atoms. The zero-order valence-corrected chi connectivity index (χ0v) is 45.9. The predicted octanol–water partition coefficient (Wildman–Crippen LogP) is 20.7. The van der Waals surface area contributed by atoms with Gasteiger partial charge >= 0.3 is 0 Å². The molecule has 0 radical (unpaired) electrons. The third kappa shape index (κ3) is 8.58. The number of rotatable bonds is 20. The second kappa shape index (κ2) is 20.1. The molecule has 368 valence electrons. The summed E-state index contributed by atoms with van der Waals surface area (Å²) in [5, 5.41) is 0. The van der Waals surface area contributed by atoms with Crippen molar-refractivity contribution in [2.24, 2.45) is 35.5 Å². The summed E-state index contributed by atoms with van der Waals surface area (Å²) in [5.41, 5.74) is 25.0. The van der Waals surface area contributed by atoms with E-state index in [-0.39, 0.29) is 16.2 Å². The van der Waals surface area contributed by atoms with E-state index in [1.807, 2.05) is 0 Å². The number of hydrogen-bond acceptors (Lipinski definition) is 0. The molecule has 6 aromatic rings. The Hall–Kier alpha value is -4.68. The first kappa shape index (κ1) is 50.3. The molecule has 0 amide bonds. The third-order valence-electron chi connectivity index (χ3n) is 19.2. The van der Waals surface area contributed by atoms with Gasteiger partial charge in [-0.05, 0) is 194 Å². The fraction of sp³-hybridized carbons (Fsp3) is 0.486. The summed E-state index contributed by atoms with van der Waals surface area (Å²) >= 11 is 0. The van der Waals surface area contributed by atoms with Gasteiger partial charge in [0.25, 0.3) is 0 Å². The average molecular weight is 929 g/mol. The van der Waals surface area contributed by atoms with Crippen molar-refractivity contribution in [2.75, 3.05) is 0 Å². The van der Waals surface area contributed by atoms with Gasteiger partial charge in [0.05, 0.1) is 0 Å². The zero-order valence-electron chi connectivity index (χ0n) is 45.9. The van der Waals surface area contributed by atoms with Crippen molar-refractivity contribution in [3.63, 3.8) is 0 Å². The van der Waals surface area contributed by atoms with Crippen LogP contribution in [0.15, 0.2) is 115 Å². The Morgan fingerprint density at radius 2 is 0.529 bits per heavy atom. The number of aryl methyl sites for hydroxylation is 1. The summed E-state index contributed by atoms with van der Waals surface area (Å²) in [6.45, 7) is 31.7. The quantitative estimate of drug-likeness (QED) is 0.0716. The number of fused-ring (bicyclic) bond motifs is 9. The van der Waals surface area contributed by atoms with Crippen LogP contribution in [-0.2, 0) is 16.2 Å². The molecule has 0 N–H and O–H groups in total. The average Bonchev–Trinajstić information content (AvgIpc) is 3.90.